The van der Waals surface area contributed by atoms with Crippen LogP contribution in [0, 0.1) is 0 Å². The Labute approximate surface area is 144 Å². The van der Waals surface area contributed by atoms with E-state index < -0.39 is 6.04 Å². The van der Waals surface area contributed by atoms with Gasteiger partial charge in [-0.05, 0) is 23.8 Å². The first kappa shape index (κ1) is 16.0. The molecule has 4 nitrogen and oxygen atoms in total. The Hall–Kier alpha value is -1.88. The molecule has 0 saturated heterocycles. The Bertz CT molecular complexity index is 854. The van der Waals surface area contributed by atoms with Gasteiger partial charge >= 0.3 is 0 Å². The largest absolute Gasteiger partial charge is 0.495 e. The van der Waals surface area contributed by atoms with Crippen LogP contribution in [-0.4, -0.2) is 17.1 Å². The monoisotopic (exact) mass is 347 g/mol. The molecular formula is C17H15Cl2N3O. The number of nitrogens with two attached hydrogens (primary N) is 1. The number of nitrogens with zero attached hydrogens (tertiary/aromatic N) is 2. The zero-order valence-electron chi connectivity index (χ0n) is 12.5. The van der Waals surface area contributed by atoms with E-state index in [9.17, 15) is 0 Å². The predicted octanol–water partition coefficient (Wildman–Crippen LogP) is 4.08. The van der Waals surface area contributed by atoms with Crippen LogP contribution in [0.2, 0.25) is 5.02 Å². The first-order valence-corrected chi connectivity index (χ1v) is 7.96. The number of ether oxygens (including phenoxy) is 1. The highest BCUT2D eigenvalue weighted by Gasteiger charge is 2.17. The van der Waals surface area contributed by atoms with Crippen LogP contribution >= 0.6 is 23.2 Å². The van der Waals surface area contributed by atoms with E-state index in [-0.39, 0.29) is 5.88 Å². The van der Waals surface area contributed by atoms with Crippen molar-refractivity contribution in [1.82, 2.24) is 9.97 Å². The Morgan fingerprint density at radius 1 is 1.17 bits per heavy atom. The van der Waals surface area contributed by atoms with Gasteiger partial charge < -0.3 is 10.5 Å². The van der Waals surface area contributed by atoms with Crippen LogP contribution in [0.4, 0.5) is 0 Å². The number of para-hydroxylation sites is 1. The van der Waals surface area contributed by atoms with Crippen LogP contribution in [0.1, 0.15) is 23.1 Å². The summed E-state index contributed by atoms with van der Waals surface area (Å²) in [6.45, 7) is 0. The maximum Gasteiger partial charge on any atom is 0.144 e. The Morgan fingerprint density at radius 2 is 1.96 bits per heavy atom. The summed E-state index contributed by atoms with van der Waals surface area (Å²) in [5.74, 6) is 1.39. The zero-order chi connectivity index (χ0) is 16.4. The summed E-state index contributed by atoms with van der Waals surface area (Å²) in [6, 6.07) is 12.8. The molecule has 23 heavy (non-hydrogen) atoms. The average Bonchev–Trinajstić information content (AvgIpc) is 2.60. The van der Waals surface area contributed by atoms with E-state index in [1.165, 1.54) is 0 Å². The van der Waals surface area contributed by atoms with Crippen molar-refractivity contribution in [3.63, 3.8) is 0 Å². The Morgan fingerprint density at radius 3 is 2.65 bits per heavy atom. The SMILES string of the molecule is COc1ccc(C(N)c2nc(CCl)nc3ccccc23)cc1Cl. The van der Waals surface area contributed by atoms with Gasteiger partial charge in [0, 0.05) is 5.39 Å². The lowest BCUT2D eigenvalue weighted by Crippen LogP contribution is -2.15. The standard InChI is InChI=1S/C17H15Cl2N3O/c1-23-14-7-6-10(8-12(14)19)16(20)17-11-4-2-3-5-13(11)21-15(9-18)22-17/h2-8,16H,9,20H2,1H3. The van der Waals surface area contributed by atoms with Gasteiger partial charge in [-0.25, -0.2) is 9.97 Å². The van der Waals surface area contributed by atoms with E-state index in [1.54, 1.807) is 19.2 Å². The van der Waals surface area contributed by atoms with E-state index in [2.05, 4.69) is 9.97 Å². The molecule has 1 atom stereocenters. The molecule has 0 amide bonds. The summed E-state index contributed by atoms with van der Waals surface area (Å²) < 4.78 is 5.18. The van der Waals surface area contributed by atoms with Gasteiger partial charge in [0.1, 0.15) is 11.6 Å². The minimum absolute atomic E-state index is 0.230. The lowest BCUT2D eigenvalue weighted by Gasteiger charge is -2.16. The number of fused-ring (bicyclic) bond motifs is 1. The van der Waals surface area contributed by atoms with Crippen LogP contribution in [0.3, 0.4) is 0 Å². The summed E-state index contributed by atoms with van der Waals surface area (Å²) in [7, 11) is 1.57. The molecule has 0 saturated carbocycles. The molecule has 118 valence electrons. The number of hydrogen-bond acceptors (Lipinski definition) is 4. The average molecular weight is 348 g/mol. The molecule has 3 rings (SSSR count). The Balaban J connectivity index is 2.13. The van der Waals surface area contributed by atoms with Crippen LogP contribution in [0.15, 0.2) is 42.5 Å². The van der Waals surface area contributed by atoms with Gasteiger partial charge in [0.15, 0.2) is 0 Å². The van der Waals surface area contributed by atoms with Crippen molar-refractivity contribution in [2.45, 2.75) is 11.9 Å². The Kier molecular flexibility index (Phi) is 4.66. The molecule has 0 aliphatic heterocycles. The molecule has 2 aromatic carbocycles. The van der Waals surface area contributed by atoms with E-state index in [0.29, 0.717) is 16.6 Å². The number of halogens is 2. The highest BCUT2D eigenvalue weighted by atomic mass is 35.5. The number of aromatic nitrogens is 2. The van der Waals surface area contributed by atoms with Gasteiger partial charge in [0.25, 0.3) is 0 Å². The first-order chi connectivity index (χ1) is 11.1. The van der Waals surface area contributed by atoms with Crippen molar-refractivity contribution in [1.29, 1.82) is 0 Å². The quantitative estimate of drug-likeness (QED) is 0.722. The number of hydrogen-bond donors (Lipinski definition) is 1. The summed E-state index contributed by atoms with van der Waals surface area (Å²) in [6.07, 6.45) is 0. The molecule has 0 bridgehead atoms. The van der Waals surface area contributed by atoms with Gasteiger partial charge in [0.2, 0.25) is 0 Å². The van der Waals surface area contributed by atoms with Crippen molar-refractivity contribution in [2.75, 3.05) is 7.11 Å². The number of alkyl halides is 1. The molecule has 0 aliphatic rings. The summed E-state index contributed by atoms with van der Waals surface area (Å²) in [4.78, 5) is 8.96. The third-order valence-corrected chi connectivity index (χ3v) is 4.16. The van der Waals surface area contributed by atoms with Gasteiger partial charge in [-0.1, -0.05) is 35.9 Å². The van der Waals surface area contributed by atoms with Crippen LogP contribution in [0.25, 0.3) is 10.9 Å². The smallest absolute Gasteiger partial charge is 0.144 e. The molecule has 1 unspecified atom stereocenters. The van der Waals surface area contributed by atoms with Crippen molar-refractivity contribution in [3.8, 4) is 5.75 Å². The molecule has 6 heteroatoms. The fourth-order valence-electron chi connectivity index (χ4n) is 2.48. The van der Waals surface area contributed by atoms with E-state index in [0.717, 1.165) is 22.2 Å². The maximum absolute atomic E-state index is 6.43. The second-order valence-corrected chi connectivity index (χ2v) is 5.72. The second kappa shape index (κ2) is 6.71. The first-order valence-electron chi connectivity index (χ1n) is 7.04. The van der Waals surface area contributed by atoms with Gasteiger partial charge in [-0.15, -0.1) is 11.6 Å². The molecule has 0 spiro atoms. The van der Waals surface area contributed by atoms with Crippen molar-refractivity contribution >= 4 is 34.1 Å². The maximum atomic E-state index is 6.43. The second-order valence-electron chi connectivity index (χ2n) is 5.05. The minimum atomic E-state index is -0.437. The molecule has 2 N–H and O–H groups in total. The van der Waals surface area contributed by atoms with Gasteiger partial charge in [-0.2, -0.15) is 0 Å². The third kappa shape index (κ3) is 3.11. The highest BCUT2D eigenvalue weighted by Crippen LogP contribution is 2.31. The summed E-state index contributed by atoms with van der Waals surface area (Å²) in [5.41, 5.74) is 8.83. The molecule has 0 aliphatic carbocycles. The molecule has 1 heterocycles. The highest BCUT2D eigenvalue weighted by molar-refractivity contribution is 6.32. The number of rotatable bonds is 4. The van der Waals surface area contributed by atoms with Crippen molar-refractivity contribution in [2.24, 2.45) is 5.73 Å². The lowest BCUT2D eigenvalue weighted by atomic mass is 10.0. The van der Waals surface area contributed by atoms with Crippen LogP contribution in [-0.2, 0) is 5.88 Å². The zero-order valence-corrected chi connectivity index (χ0v) is 14.0. The number of benzene rings is 2. The minimum Gasteiger partial charge on any atom is -0.495 e. The topological polar surface area (TPSA) is 61.0 Å². The molecule has 1 aromatic heterocycles. The molecule has 0 fully saturated rings. The van der Waals surface area contributed by atoms with Gasteiger partial charge in [0.05, 0.1) is 35.3 Å². The molecular weight excluding hydrogens is 333 g/mol. The fraction of sp³-hybridized carbons (Fsp3) is 0.176. The normalized spacial score (nSPS) is 12.3. The van der Waals surface area contributed by atoms with E-state index in [4.69, 9.17) is 33.7 Å². The van der Waals surface area contributed by atoms with Crippen molar-refractivity contribution < 1.29 is 4.74 Å². The fourth-order valence-corrected chi connectivity index (χ4v) is 2.87. The van der Waals surface area contributed by atoms with Crippen LogP contribution < -0.4 is 10.5 Å². The lowest BCUT2D eigenvalue weighted by molar-refractivity contribution is 0.415. The summed E-state index contributed by atoms with van der Waals surface area (Å²) >= 11 is 12.1. The van der Waals surface area contributed by atoms with Crippen molar-refractivity contribution in [3.05, 3.63) is 64.6 Å². The molecule has 3 aromatic rings. The number of methoxy groups -OCH3 is 1. The summed E-state index contributed by atoms with van der Waals surface area (Å²) in [5, 5.41) is 1.41. The van der Waals surface area contributed by atoms with E-state index in [1.807, 2.05) is 30.3 Å². The van der Waals surface area contributed by atoms with Crippen LogP contribution in [0.5, 0.6) is 5.75 Å². The third-order valence-electron chi connectivity index (χ3n) is 3.63. The van der Waals surface area contributed by atoms with E-state index >= 15 is 0 Å². The molecule has 0 radical (unpaired) electrons. The van der Waals surface area contributed by atoms with Gasteiger partial charge in [-0.3, -0.25) is 0 Å². The predicted molar refractivity (Wildman–Crippen MR) is 93.1 cm³/mol.